The van der Waals surface area contributed by atoms with Gasteiger partial charge in [-0.05, 0) is 13.8 Å². The molecule has 0 radical (unpaired) electrons. The summed E-state index contributed by atoms with van der Waals surface area (Å²) >= 11 is 0. The van der Waals surface area contributed by atoms with Crippen molar-refractivity contribution in [2.45, 2.75) is 26.4 Å². The maximum atomic E-state index is 5.38. The Balaban J connectivity index is 1.71. The first-order valence-corrected chi connectivity index (χ1v) is 7.07. The van der Waals surface area contributed by atoms with Gasteiger partial charge < -0.3 is 9.84 Å². The molecule has 0 bridgehead atoms. The minimum atomic E-state index is 0.499. The second-order valence-electron chi connectivity index (χ2n) is 5.40. The van der Waals surface area contributed by atoms with Crippen molar-refractivity contribution in [3.05, 3.63) is 35.7 Å². The summed E-state index contributed by atoms with van der Waals surface area (Å²) in [5.41, 5.74) is 2.23. The average molecular weight is 272 g/mol. The molecule has 1 unspecified atom stereocenters. The number of aryl methyl sites for hydroxylation is 1. The molecule has 1 aromatic heterocycles. The predicted molar refractivity (Wildman–Crippen MR) is 77.2 cm³/mol. The highest BCUT2D eigenvalue weighted by Crippen LogP contribution is 2.17. The summed E-state index contributed by atoms with van der Waals surface area (Å²) in [6.45, 7) is 8.05. The van der Waals surface area contributed by atoms with Gasteiger partial charge in [0, 0.05) is 31.2 Å². The summed E-state index contributed by atoms with van der Waals surface area (Å²) < 4.78 is 5.38. The molecule has 1 atom stereocenters. The summed E-state index contributed by atoms with van der Waals surface area (Å²) in [7, 11) is 0. The van der Waals surface area contributed by atoms with Crippen LogP contribution in [0.5, 0.6) is 0 Å². The molecule has 106 valence electrons. The quantitative estimate of drug-likeness (QED) is 0.924. The van der Waals surface area contributed by atoms with Crippen molar-refractivity contribution >= 4 is 0 Å². The Hall–Kier alpha value is -1.72. The molecule has 2 heterocycles. The van der Waals surface area contributed by atoms with Gasteiger partial charge in [-0.1, -0.05) is 35.0 Å². The third kappa shape index (κ3) is 2.89. The van der Waals surface area contributed by atoms with Crippen molar-refractivity contribution in [3.8, 4) is 11.4 Å². The highest BCUT2D eigenvalue weighted by Gasteiger charge is 2.20. The summed E-state index contributed by atoms with van der Waals surface area (Å²) in [5, 5.41) is 7.46. The third-order valence-corrected chi connectivity index (χ3v) is 3.76. The summed E-state index contributed by atoms with van der Waals surface area (Å²) in [6, 6.07) is 8.67. The summed E-state index contributed by atoms with van der Waals surface area (Å²) in [4.78, 5) is 6.86. The van der Waals surface area contributed by atoms with E-state index in [0.717, 1.165) is 31.7 Å². The molecule has 5 heteroatoms. The molecule has 1 aromatic carbocycles. The molecule has 5 nitrogen and oxygen atoms in total. The average Bonchev–Trinajstić information content (AvgIpc) is 2.91. The number of rotatable bonds is 3. The van der Waals surface area contributed by atoms with E-state index in [2.05, 4.69) is 46.3 Å². The van der Waals surface area contributed by atoms with Crippen LogP contribution in [-0.2, 0) is 6.54 Å². The fourth-order valence-corrected chi connectivity index (χ4v) is 2.43. The van der Waals surface area contributed by atoms with Gasteiger partial charge in [-0.2, -0.15) is 4.98 Å². The minimum Gasteiger partial charge on any atom is -0.338 e. The van der Waals surface area contributed by atoms with E-state index < -0.39 is 0 Å². The first-order valence-electron chi connectivity index (χ1n) is 7.07. The zero-order chi connectivity index (χ0) is 13.9. The van der Waals surface area contributed by atoms with Crippen LogP contribution in [-0.4, -0.2) is 40.7 Å². The van der Waals surface area contributed by atoms with E-state index in [1.165, 1.54) is 5.56 Å². The van der Waals surface area contributed by atoms with E-state index in [0.29, 0.717) is 17.8 Å². The van der Waals surface area contributed by atoms with Crippen LogP contribution >= 0.6 is 0 Å². The smallest absolute Gasteiger partial charge is 0.241 e. The molecular weight excluding hydrogens is 252 g/mol. The molecule has 0 aliphatic carbocycles. The Kier molecular flexibility index (Phi) is 3.80. The maximum Gasteiger partial charge on any atom is 0.241 e. The number of hydrogen-bond donors (Lipinski definition) is 1. The van der Waals surface area contributed by atoms with Crippen molar-refractivity contribution < 1.29 is 4.52 Å². The van der Waals surface area contributed by atoms with Gasteiger partial charge in [-0.15, -0.1) is 0 Å². The third-order valence-electron chi connectivity index (χ3n) is 3.76. The molecule has 1 saturated heterocycles. The minimum absolute atomic E-state index is 0.499. The van der Waals surface area contributed by atoms with Crippen LogP contribution in [0, 0.1) is 6.92 Å². The van der Waals surface area contributed by atoms with Gasteiger partial charge in [0.25, 0.3) is 0 Å². The number of aromatic nitrogens is 2. The van der Waals surface area contributed by atoms with E-state index >= 15 is 0 Å². The lowest BCUT2D eigenvalue weighted by Crippen LogP contribution is -2.49. The molecule has 1 N–H and O–H groups in total. The highest BCUT2D eigenvalue weighted by atomic mass is 16.5. The topological polar surface area (TPSA) is 54.2 Å². The fraction of sp³-hybridized carbons (Fsp3) is 0.467. The maximum absolute atomic E-state index is 5.38. The Bertz CT molecular complexity index is 564. The number of benzene rings is 1. The zero-order valence-electron chi connectivity index (χ0n) is 12.0. The molecule has 0 saturated carbocycles. The molecule has 0 amide bonds. The number of hydrogen-bond acceptors (Lipinski definition) is 5. The van der Waals surface area contributed by atoms with E-state index in [9.17, 15) is 0 Å². The van der Waals surface area contributed by atoms with Crippen LogP contribution in [0.25, 0.3) is 11.4 Å². The van der Waals surface area contributed by atoms with Gasteiger partial charge in [-0.25, -0.2) is 0 Å². The van der Waals surface area contributed by atoms with E-state index in [-0.39, 0.29) is 0 Å². The van der Waals surface area contributed by atoms with Crippen LogP contribution in [0.1, 0.15) is 18.4 Å². The Labute approximate surface area is 119 Å². The molecule has 3 rings (SSSR count). The standard InChI is InChI=1S/C15H20N4O/c1-11-3-5-13(6-4-11)15-17-14(20-18-15)10-19-8-7-16-9-12(19)2/h3-6,12,16H,7-10H2,1-2H3. The van der Waals surface area contributed by atoms with E-state index in [1.807, 2.05) is 12.1 Å². The van der Waals surface area contributed by atoms with Crippen LogP contribution in [0.2, 0.25) is 0 Å². The number of nitrogens with zero attached hydrogens (tertiary/aromatic N) is 3. The van der Waals surface area contributed by atoms with Crippen molar-refractivity contribution in [1.82, 2.24) is 20.4 Å². The number of piperazine rings is 1. The van der Waals surface area contributed by atoms with Gasteiger partial charge in [0.2, 0.25) is 11.7 Å². The Morgan fingerprint density at radius 3 is 2.90 bits per heavy atom. The van der Waals surface area contributed by atoms with Crippen LogP contribution < -0.4 is 5.32 Å². The van der Waals surface area contributed by atoms with E-state index in [1.54, 1.807) is 0 Å². The summed E-state index contributed by atoms with van der Waals surface area (Å²) in [6.07, 6.45) is 0. The molecular formula is C15H20N4O. The zero-order valence-corrected chi connectivity index (χ0v) is 12.0. The fourth-order valence-electron chi connectivity index (χ4n) is 2.43. The second-order valence-corrected chi connectivity index (χ2v) is 5.40. The van der Waals surface area contributed by atoms with Gasteiger partial charge in [0.1, 0.15) is 0 Å². The van der Waals surface area contributed by atoms with Gasteiger partial charge >= 0.3 is 0 Å². The Morgan fingerprint density at radius 2 is 2.15 bits per heavy atom. The molecule has 1 aliphatic rings. The SMILES string of the molecule is Cc1ccc(-c2noc(CN3CCNCC3C)n2)cc1. The highest BCUT2D eigenvalue weighted by molar-refractivity contribution is 5.54. The molecule has 1 fully saturated rings. The van der Waals surface area contributed by atoms with E-state index in [4.69, 9.17) is 4.52 Å². The van der Waals surface area contributed by atoms with Crippen LogP contribution in [0.4, 0.5) is 0 Å². The largest absolute Gasteiger partial charge is 0.338 e. The number of nitrogens with one attached hydrogen (secondary N) is 1. The van der Waals surface area contributed by atoms with Gasteiger partial charge in [0.05, 0.1) is 6.54 Å². The normalized spacial score (nSPS) is 20.2. The van der Waals surface area contributed by atoms with Gasteiger partial charge in [0.15, 0.2) is 0 Å². The monoisotopic (exact) mass is 272 g/mol. The lowest BCUT2D eigenvalue weighted by atomic mass is 10.1. The predicted octanol–water partition coefficient (Wildman–Crippen LogP) is 1.84. The second kappa shape index (κ2) is 5.73. The Morgan fingerprint density at radius 1 is 1.35 bits per heavy atom. The van der Waals surface area contributed by atoms with Crippen molar-refractivity contribution in [2.75, 3.05) is 19.6 Å². The molecule has 1 aliphatic heterocycles. The summed E-state index contributed by atoms with van der Waals surface area (Å²) in [5.74, 6) is 1.36. The molecule has 20 heavy (non-hydrogen) atoms. The van der Waals surface area contributed by atoms with Gasteiger partial charge in [-0.3, -0.25) is 4.90 Å². The van der Waals surface area contributed by atoms with Crippen LogP contribution in [0.3, 0.4) is 0 Å². The van der Waals surface area contributed by atoms with Crippen molar-refractivity contribution in [3.63, 3.8) is 0 Å². The van der Waals surface area contributed by atoms with Crippen LogP contribution in [0.15, 0.2) is 28.8 Å². The first kappa shape index (κ1) is 13.3. The molecule has 2 aromatic rings. The lowest BCUT2D eigenvalue weighted by molar-refractivity contribution is 0.146. The first-order chi connectivity index (χ1) is 9.72. The van der Waals surface area contributed by atoms with Crippen molar-refractivity contribution in [2.24, 2.45) is 0 Å². The molecule has 0 spiro atoms. The van der Waals surface area contributed by atoms with Crippen molar-refractivity contribution in [1.29, 1.82) is 0 Å². The lowest BCUT2D eigenvalue weighted by Gasteiger charge is -2.32.